The molecule has 0 saturated heterocycles. The number of unbranched alkanes of at least 4 members (excludes halogenated alkanes) is 1. The first-order chi connectivity index (χ1) is 9.38. The van der Waals surface area contributed by atoms with E-state index in [1.165, 1.54) is 0 Å². The number of aromatic nitrogens is 2. The molecule has 2 nitrogen and oxygen atoms in total. The fourth-order valence-corrected chi connectivity index (χ4v) is 2.20. The first kappa shape index (κ1) is 11.8. The largest absolute Gasteiger partial charge is 0.254 e. The van der Waals surface area contributed by atoms with Gasteiger partial charge >= 0.3 is 0 Å². The Morgan fingerprint density at radius 1 is 1.00 bits per heavy atom. The molecule has 0 aliphatic carbocycles. The number of fused-ring (bicyclic) bond motifs is 3. The molecule has 2 aromatic heterocycles. The minimum atomic E-state index is 0.978. The topological polar surface area (TPSA) is 25.8 Å². The Labute approximate surface area is 112 Å². The Morgan fingerprint density at radius 2 is 1.79 bits per heavy atom. The van der Waals surface area contributed by atoms with Gasteiger partial charge in [-0.05, 0) is 24.6 Å². The molecule has 0 radical (unpaired) electrons. The average Bonchev–Trinajstić information content (AvgIpc) is 2.47. The number of benzene rings is 1. The van der Waals surface area contributed by atoms with E-state index < -0.39 is 0 Å². The number of rotatable bonds is 3. The molecule has 2 heterocycles. The summed E-state index contributed by atoms with van der Waals surface area (Å²) < 4.78 is 0. The third-order valence-electron chi connectivity index (χ3n) is 3.20. The lowest BCUT2D eigenvalue weighted by molar-refractivity contribution is 0.962. The summed E-state index contributed by atoms with van der Waals surface area (Å²) in [7, 11) is 0. The number of hydrogen-bond acceptors (Lipinski definition) is 2. The van der Waals surface area contributed by atoms with Crippen LogP contribution in [-0.4, -0.2) is 9.97 Å². The van der Waals surface area contributed by atoms with Gasteiger partial charge in [-0.3, -0.25) is 4.98 Å². The zero-order chi connectivity index (χ0) is 13.1. The third kappa shape index (κ3) is 2.34. The van der Waals surface area contributed by atoms with Crippen LogP contribution in [0.4, 0.5) is 0 Å². The van der Waals surface area contributed by atoms with Crippen LogP contribution < -0.4 is 0 Å². The lowest BCUT2D eigenvalue weighted by Crippen LogP contribution is -1.87. The lowest BCUT2D eigenvalue weighted by Gasteiger charge is -2.03. The number of nitrogens with zero attached hydrogens (tertiary/aromatic N) is 2. The molecule has 3 rings (SSSR count). The van der Waals surface area contributed by atoms with E-state index in [0.717, 1.165) is 40.3 Å². The van der Waals surface area contributed by atoms with Crippen molar-refractivity contribution in [3.63, 3.8) is 0 Å². The lowest BCUT2D eigenvalue weighted by atomic mass is 10.1. The fraction of sp³-hybridized carbons (Fsp3) is 0.176. The second kappa shape index (κ2) is 5.19. The van der Waals surface area contributed by atoms with Crippen LogP contribution in [0.3, 0.4) is 0 Å². The molecule has 3 aromatic rings. The summed E-state index contributed by atoms with van der Waals surface area (Å²) >= 11 is 0. The average molecular weight is 248 g/mol. The van der Waals surface area contributed by atoms with Gasteiger partial charge in [0.2, 0.25) is 0 Å². The zero-order valence-corrected chi connectivity index (χ0v) is 11.0. The summed E-state index contributed by atoms with van der Waals surface area (Å²) in [5, 5.41) is 2.27. The SMILES string of the molecule is CCC/C=C\c1ccc2ccc3cccnc3c2n1. The van der Waals surface area contributed by atoms with Crippen molar-refractivity contribution in [2.24, 2.45) is 0 Å². The predicted octanol–water partition coefficient (Wildman–Crippen LogP) is 4.60. The second-order valence-corrected chi connectivity index (χ2v) is 4.64. The van der Waals surface area contributed by atoms with Crippen LogP contribution in [0.1, 0.15) is 25.5 Å². The Morgan fingerprint density at radius 3 is 2.63 bits per heavy atom. The molecule has 0 amide bonds. The van der Waals surface area contributed by atoms with Gasteiger partial charge in [-0.2, -0.15) is 0 Å². The Hall–Kier alpha value is -2.22. The smallest absolute Gasteiger partial charge is 0.0971 e. The molecule has 0 saturated carbocycles. The molecule has 0 spiro atoms. The van der Waals surface area contributed by atoms with Crippen molar-refractivity contribution in [1.29, 1.82) is 0 Å². The van der Waals surface area contributed by atoms with Gasteiger partial charge in [-0.15, -0.1) is 0 Å². The van der Waals surface area contributed by atoms with Gasteiger partial charge in [0.15, 0.2) is 0 Å². The summed E-state index contributed by atoms with van der Waals surface area (Å²) in [5.41, 5.74) is 2.96. The Balaban J connectivity index is 2.17. The molecule has 0 fully saturated rings. The number of pyridine rings is 2. The van der Waals surface area contributed by atoms with Gasteiger partial charge < -0.3 is 0 Å². The van der Waals surface area contributed by atoms with E-state index in [1.54, 1.807) is 0 Å². The molecule has 0 bridgehead atoms. The molecule has 0 aliphatic rings. The van der Waals surface area contributed by atoms with Crippen LogP contribution in [0.2, 0.25) is 0 Å². The molecule has 19 heavy (non-hydrogen) atoms. The van der Waals surface area contributed by atoms with Gasteiger partial charge in [0.25, 0.3) is 0 Å². The van der Waals surface area contributed by atoms with E-state index in [1.807, 2.05) is 12.3 Å². The number of allylic oxidation sites excluding steroid dienone is 1. The van der Waals surface area contributed by atoms with Crippen LogP contribution in [0.25, 0.3) is 27.9 Å². The molecular formula is C17H16N2. The second-order valence-electron chi connectivity index (χ2n) is 4.64. The Bertz CT molecular complexity index is 744. The predicted molar refractivity (Wildman–Crippen MR) is 81.0 cm³/mol. The maximum Gasteiger partial charge on any atom is 0.0971 e. The molecule has 0 atom stereocenters. The zero-order valence-electron chi connectivity index (χ0n) is 11.0. The van der Waals surface area contributed by atoms with Crippen molar-refractivity contribution in [1.82, 2.24) is 9.97 Å². The van der Waals surface area contributed by atoms with Crippen LogP contribution >= 0.6 is 0 Å². The third-order valence-corrected chi connectivity index (χ3v) is 3.20. The molecular weight excluding hydrogens is 232 g/mol. The Kier molecular flexibility index (Phi) is 3.23. The van der Waals surface area contributed by atoms with E-state index in [4.69, 9.17) is 4.98 Å². The van der Waals surface area contributed by atoms with E-state index in [9.17, 15) is 0 Å². The highest BCUT2D eigenvalue weighted by Crippen LogP contribution is 2.22. The fourth-order valence-electron chi connectivity index (χ4n) is 2.20. The molecule has 0 unspecified atom stereocenters. The van der Waals surface area contributed by atoms with E-state index in [-0.39, 0.29) is 0 Å². The number of hydrogen-bond donors (Lipinski definition) is 0. The highest BCUT2D eigenvalue weighted by Gasteiger charge is 2.02. The van der Waals surface area contributed by atoms with Crippen molar-refractivity contribution in [2.45, 2.75) is 19.8 Å². The minimum Gasteiger partial charge on any atom is -0.254 e. The van der Waals surface area contributed by atoms with Crippen molar-refractivity contribution in [3.8, 4) is 0 Å². The van der Waals surface area contributed by atoms with Crippen molar-refractivity contribution >= 4 is 27.9 Å². The van der Waals surface area contributed by atoms with Gasteiger partial charge in [-0.25, -0.2) is 4.98 Å². The molecule has 0 N–H and O–H groups in total. The molecule has 1 aromatic carbocycles. The highest BCUT2D eigenvalue weighted by atomic mass is 14.7. The molecule has 2 heteroatoms. The van der Waals surface area contributed by atoms with Crippen LogP contribution in [0.5, 0.6) is 0 Å². The standard InChI is InChI=1S/C17H16N2/c1-2-3-4-7-15-11-10-14-9-8-13-6-5-12-18-16(13)17(14)19-15/h4-12H,2-3H2,1H3/b7-4-. The quantitative estimate of drug-likeness (QED) is 0.633. The summed E-state index contributed by atoms with van der Waals surface area (Å²) in [6, 6.07) is 12.4. The maximum atomic E-state index is 4.73. The van der Waals surface area contributed by atoms with E-state index >= 15 is 0 Å². The van der Waals surface area contributed by atoms with Crippen molar-refractivity contribution in [2.75, 3.05) is 0 Å². The summed E-state index contributed by atoms with van der Waals surface area (Å²) in [6.45, 7) is 2.18. The van der Waals surface area contributed by atoms with Gasteiger partial charge in [-0.1, -0.05) is 43.7 Å². The van der Waals surface area contributed by atoms with Gasteiger partial charge in [0, 0.05) is 17.0 Å². The summed E-state index contributed by atoms with van der Waals surface area (Å²) in [4.78, 5) is 9.19. The monoisotopic (exact) mass is 248 g/mol. The first-order valence-corrected chi connectivity index (χ1v) is 6.69. The summed E-state index contributed by atoms with van der Waals surface area (Å²) in [6.07, 6.45) is 8.34. The minimum absolute atomic E-state index is 0.978. The van der Waals surface area contributed by atoms with Gasteiger partial charge in [0.05, 0.1) is 16.7 Å². The van der Waals surface area contributed by atoms with Gasteiger partial charge in [0.1, 0.15) is 0 Å². The van der Waals surface area contributed by atoms with Crippen LogP contribution in [-0.2, 0) is 0 Å². The molecule has 0 aliphatic heterocycles. The maximum absolute atomic E-state index is 4.73. The first-order valence-electron chi connectivity index (χ1n) is 6.69. The summed E-state index contributed by atoms with van der Waals surface area (Å²) in [5.74, 6) is 0. The molecule has 94 valence electrons. The van der Waals surface area contributed by atoms with Crippen LogP contribution in [0.15, 0.2) is 48.7 Å². The van der Waals surface area contributed by atoms with Crippen molar-refractivity contribution < 1.29 is 0 Å². The van der Waals surface area contributed by atoms with Crippen LogP contribution in [0, 0.1) is 0 Å². The van der Waals surface area contributed by atoms with E-state index in [0.29, 0.717) is 0 Å². The van der Waals surface area contributed by atoms with Crippen molar-refractivity contribution in [3.05, 3.63) is 54.4 Å². The highest BCUT2D eigenvalue weighted by molar-refractivity contribution is 6.02. The normalized spacial score (nSPS) is 11.6. The van der Waals surface area contributed by atoms with E-state index in [2.05, 4.69) is 54.4 Å².